The van der Waals surface area contributed by atoms with Gasteiger partial charge in [-0.3, -0.25) is 4.79 Å². The Kier molecular flexibility index (Phi) is 5.40. The van der Waals surface area contributed by atoms with Crippen molar-refractivity contribution in [1.82, 2.24) is 10.2 Å². The average Bonchev–Trinajstić information content (AvgIpc) is 3.27. The first-order valence-electron chi connectivity index (χ1n) is 7.51. The molecule has 0 aromatic heterocycles. The predicted molar refractivity (Wildman–Crippen MR) is 83.1 cm³/mol. The number of halogens is 3. The van der Waals surface area contributed by atoms with Crippen LogP contribution in [0.15, 0.2) is 18.2 Å². The Hall–Kier alpha value is -1.20. The minimum atomic E-state index is -0.542. The molecular weight excluding hydrogens is 310 g/mol. The van der Waals surface area contributed by atoms with Gasteiger partial charge in [-0.2, -0.15) is 0 Å². The van der Waals surface area contributed by atoms with Gasteiger partial charge in [0.15, 0.2) is 0 Å². The maximum absolute atomic E-state index is 13.8. The molecule has 1 aliphatic carbocycles. The second-order valence-electron chi connectivity index (χ2n) is 6.01. The molecule has 1 amide bonds. The molecule has 22 heavy (non-hydrogen) atoms. The van der Waals surface area contributed by atoms with E-state index in [1.807, 2.05) is 7.05 Å². The number of nitrogens with one attached hydrogen (secondary N) is 1. The molecule has 1 aliphatic heterocycles. The molecule has 1 heterocycles. The van der Waals surface area contributed by atoms with Crippen LogP contribution in [-0.4, -0.2) is 37.0 Å². The Morgan fingerprint density at radius 2 is 1.82 bits per heavy atom. The SMILES string of the molecule is CN(C(=O)C1CC1c1c(F)cccc1F)C1CCNCC1.Cl. The average molecular weight is 331 g/mol. The zero-order valence-electron chi connectivity index (χ0n) is 12.5. The number of benzene rings is 1. The van der Waals surface area contributed by atoms with Gasteiger partial charge >= 0.3 is 0 Å². The van der Waals surface area contributed by atoms with E-state index in [4.69, 9.17) is 0 Å². The number of hydrogen-bond acceptors (Lipinski definition) is 2. The maximum Gasteiger partial charge on any atom is 0.226 e. The number of carbonyl (C=O) groups is 1. The van der Waals surface area contributed by atoms with Crippen LogP contribution in [0.3, 0.4) is 0 Å². The highest BCUT2D eigenvalue weighted by Gasteiger charge is 2.48. The lowest BCUT2D eigenvalue weighted by Gasteiger charge is -2.32. The van der Waals surface area contributed by atoms with E-state index < -0.39 is 11.6 Å². The van der Waals surface area contributed by atoms with Crippen LogP contribution in [0.5, 0.6) is 0 Å². The van der Waals surface area contributed by atoms with E-state index in [0.717, 1.165) is 25.9 Å². The summed E-state index contributed by atoms with van der Waals surface area (Å²) in [5, 5.41) is 3.27. The molecule has 0 radical (unpaired) electrons. The number of piperidine rings is 1. The van der Waals surface area contributed by atoms with E-state index in [1.165, 1.54) is 18.2 Å². The lowest BCUT2D eigenvalue weighted by molar-refractivity contribution is -0.133. The van der Waals surface area contributed by atoms with Crippen LogP contribution in [0.4, 0.5) is 8.78 Å². The minimum absolute atomic E-state index is 0. The smallest absolute Gasteiger partial charge is 0.226 e. The molecule has 3 rings (SSSR count). The summed E-state index contributed by atoms with van der Waals surface area (Å²) in [6, 6.07) is 4.11. The summed E-state index contributed by atoms with van der Waals surface area (Å²) in [6.45, 7) is 1.83. The largest absolute Gasteiger partial charge is 0.342 e. The minimum Gasteiger partial charge on any atom is -0.342 e. The summed E-state index contributed by atoms with van der Waals surface area (Å²) in [6.07, 6.45) is 2.42. The number of hydrogen-bond donors (Lipinski definition) is 1. The quantitative estimate of drug-likeness (QED) is 0.924. The summed E-state index contributed by atoms with van der Waals surface area (Å²) in [5.74, 6) is -1.63. The van der Waals surface area contributed by atoms with Crippen LogP contribution < -0.4 is 5.32 Å². The molecule has 2 unspecified atom stereocenters. The number of carbonyl (C=O) groups excluding carboxylic acids is 1. The van der Waals surface area contributed by atoms with Crippen LogP contribution in [-0.2, 0) is 4.79 Å². The van der Waals surface area contributed by atoms with E-state index in [-0.39, 0.29) is 41.8 Å². The summed E-state index contributed by atoms with van der Waals surface area (Å²) < 4.78 is 27.5. The summed E-state index contributed by atoms with van der Waals surface area (Å²) in [7, 11) is 1.81. The van der Waals surface area contributed by atoms with E-state index in [0.29, 0.717) is 6.42 Å². The fraction of sp³-hybridized carbons (Fsp3) is 0.562. The number of rotatable bonds is 3. The van der Waals surface area contributed by atoms with Crippen molar-refractivity contribution in [3.63, 3.8) is 0 Å². The molecule has 2 fully saturated rings. The van der Waals surface area contributed by atoms with E-state index in [2.05, 4.69) is 5.32 Å². The molecule has 2 aliphatic rings. The molecule has 1 aromatic carbocycles. The van der Waals surface area contributed by atoms with Gasteiger partial charge < -0.3 is 10.2 Å². The topological polar surface area (TPSA) is 32.3 Å². The summed E-state index contributed by atoms with van der Waals surface area (Å²) >= 11 is 0. The number of nitrogens with zero attached hydrogens (tertiary/aromatic N) is 1. The molecule has 2 atom stereocenters. The van der Waals surface area contributed by atoms with Gasteiger partial charge in [0.1, 0.15) is 11.6 Å². The second kappa shape index (κ2) is 6.92. The second-order valence-corrected chi connectivity index (χ2v) is 6.01. The van der Waals surface area contributed by atoms with Gasteiger partial charge in [-0.25, -0.2) is 8.78 Å². The molecule has 1 N–H and O–H groups in total. The molecule has 1 aromatic rings. The lowest BCUT2D eigenvalue weighted by Crippen LogP contribution is -2.44. The van der Waals surface area contributed by atoms with Crippen molar-refractivity contribution in [3.8, 4) is 0 Å². The first kappa shape index (κ1) is 17.2. The van der Waals surface area contributed by atoms with Gasteiger partial charge in [-0.1, -0.05) is 6.07 Å². The molecule has 3 nitrogen and oxygen atoms in total. The predicted octanol–water partition coefficient (Wildman–Crippen LogP) is 2.70. The Morgan fingerprint density at radius 1 is 1.23 bits per heavy atom. The highest BCUT2D eigenvalue weighted by Crippen LogP contribution is 2.50. The standard InChI is InChI=1S/C16H20F2N2O.ClH/c1-20(10-5-7-19-8-6-10)16(21)12-9-11(12)15-13(17)3-2-4-14(15)18;/h2-4,10-12,19H,5-9H2,1H3;1H. The van der Waals surface area contributed by atoms with Crippen LogP contribution in [0.25, 0.3) is 0 Å². The van der Waals surface area contributed by atoms with Gasteiger partial charge in [-0.05, 0) is 44.5 Å². The summed E-state index contributed by atoms with van der Waals surface area (Å²) in [5.41, 5.74) is 0.0783. The van der Waals surface area contributed by atoms with E-state index in [1.54, 1.807) is 4.90 Å². The maximum atomic E-state index is 13.8. The van der Waals surface area contributed by atoms with Gasteiger partial charge in [0, 0.05) is 30.5 Å². The van der Waals surface area contributed by atoms with Crippen molar-refractivity contribution in [2.75, 3.05) is 20.1 Å². The van der Waals surface area contributed by atoms with Crippen LogP contribution in [0, 0.1) is 17.6 Å². The zero-order valence-corrected chi connectivity index (χ0v) is 13.3. The third kappa shape index (κ3) is 3.25. The van der Waals surface area contributed by atoms with Crippen molar-refractivity contribution in [2.45, 2.75) is 31.2 Å². The van der Waals surface area contributed by atoms with Crippen LogP contribution >= 0.6 is 12.4 Å². The monoisotopic (exact) mass is 330 g/mol. The molecular formula is C16H21ClF2N2O. The lowest BCUT2D eigenvalue weighted by atomic mass is 10.0. The van der Waals surface area contributed by atoms with Gasteiger partial charge in [0.2, 0.25) is 5.91 Å². The molecule has 0 spiro atoms. The van der Waals surface area contributed by atoms with Crippen molar-refractivity contribution in [2.24, 2.45) is 5.92 Å². The van der Waals surface area contributed by atoms with Crippen LogP contribution in [0.1, 0.15) is 30.7 Å². The fourth-order valence-corrected chi connectivity index (χ4v) is 3.29. The molecule has 122 valence electrons. The van der Waals surface area contributed by atoms with E-state index in [9.17, 15) is 13.6 Å². The highest BCUT2D eigenvalue weighted by atomic mass is 35.5. The molecule has 6 heteroatoms. The van der Waals surface area contributed by atoms with Crippen molar-refractivity contribution in [1.29, 1.82) is 0 Å². The molecule has 1 saturated carbocycles. The molecule has 0 bridgehead atoms. The Balaban J connectivity index is 0.00000176. The first-order chi connectivity index (χ1) is 10.1. The molecule has 1 saturated heterocycles. The highest BCUT2D eigenvalue weighted by molar-refractivity contribution is 5.85. The fourth-order valence-electron chi connectivity index (χ4n) is 3.29. The first-order valence-corrected chi connectivity index (χ1v) is 7.51. The van der Waals surface area contributed by atoms with Crippen LogP contribution in [0.2, 0.25) is 0 Å². The van der Waals surface area contributed by atoms with Crippen molar-refractivity contribution >= 4 is 18.3 Å². The van der Waals surface area contributed by atoms with Crippen molar-refractivity contribution in [3.05, 3.63) is 35.4 Å². The number of amides is 1. The Bertz CT molecular complexity index is 529. The zero-order chi connectivity index (χ0) is 15.0. The third-order valence-electron chi connectivity index (χ3n) is 4.68. The van der Waals surface area contributed by atoms with Gasteiger partial charge in [0.25, 0.3) is 0 Å². The Labute approximate surface area is 135 Å². The normalized spacial score (nSPS) is 24.5. The third-order valence-corrected chi connectivity index (χ3v) is 4.68. The van der Waals surface area contributed by atoms with Gasteiger partial charge in [-0.15, -0.1) is 12.4 Å². The Morgan fingerprint density at radius 3 is 2.41 bits per heavy atom. The van der Waals surface area contributed by atoms with Crippen molar-refractivity contribution < 1.29 is 13.6 Å². The van der Waals surface area contributed by atoms with Gasteiger partial charge in [0.05, 0.1) is 0 Å². The summed E-state index contributed by atoms with van der Waals surface area (Å²) in [4.78, 5) is 14.3. The van der Waals surface area contributed by atoms with E-state index >= 15 is 0 Å².